The van der Waals surface area contributed by atoms with E-state index in [0.717, 1.165) is 12.1 Å². The van der Waals surface area contributed by atoms with Gasteiger partial charge < -0.3 is 14.2 Å². The molecule has 1 unspecified atom stereocenters. The molecule has 0 aliphatic carbocycles. The molecule has 0 fully saturated rings. The van der Waals surface area contributed by atoms with Crippen LogP contribution < -0.4 is 4.74 Å². The van der Waals surface area contributed by atoms with Crippen molar-refractivity contribution in [2.45, 2.75) is 37.2 Å². The van der Waals surface area contributed by atoms with Crippen LogP contribution in [0.25, 0.3) is 0 Å². The highest BCUT2D eigenvalue weighted by atomic mass is 19.4. The lowest BCUT2D eigenvalue weighted by atomic mass is 10.1. The molecule has 5 nitrogen and oxygen atoms in total. The molecule has 0 N–H and O–H groups in total. The van der Waals surface area contributed by atoms with Crippen molar-refractivity contribution >= 4 is 11.9 Å². The molecule has 1 aromatic rings. The summed E-state index contributed by atoms with van der Waals surface area (Å²) in [6, 6.07) is 6.16. The van der Waals surface area contributed by atoms with E-state index in [1.54, 1.807) is 0 Å². The number of hydrogen-bond donors (Lipinski definition) is 0. The van der Waals surface area contributed by atoms with Crippen LogP contribution in [-0.4, -0.2) is 42.4 Å². The first-order valence-corrected chi connectivity index (χ1v) is 7.75. The van der Waals surface area contributed by atoms with Gasteiger partial charge in [-0.2, -0.15) is 22.0 Å². The lowest BCUT2D eigenvalue weighted by Crippen LogP contribution is -2.59. The summed E-state index contributed by atoms with van der Waals surface area (Å²) in [5.74, 6) is -18.4. The zero-order chi connectivity index (χ0) is 22.5. The summed E-state index contributed by atoms with van der Waals surface area (Å²) < 4.78 is 106. The maximum atomic E-state index is 13.6. The van der Waals surface area contributed by atoms with Crippen molar-refractivity contribution in [1.29, 1.82) is 0 Å². The van der Waals surface area contributed by atoms with Crippen molar-refractivity contribution in [3.8, 4) is 5.75 Å². The molecule has 0 spiro atoms. The Morgan fingerprint density at radius 3 is 2.03 bits per heavy atom. The number of carbonyl (C=O) groups excluding carboxylic acids is 2. The minimum atomic E-state index is -5.82. The predicted molar refractivity (Wildman–Crippen MR) is 83.3 cm³/mol. The Hall–Kier alpha value is -2.63. The maximum Gasteiger partial charge on any atom is 0.468 e. The van der Waals surface area contributed by atoms with Gasteiger partial charge in [-0.3, -0.25) is 0 Å². The summed E-state index contributed by atoms with van der Waals surface area (Å²) in [6.07, 6.45) is -7.49. The molecule has 0 bridgehead atoms. The average Bonchev–Trinajstić information content (AvgIpc) is 2.59. The van der Waals surface area contributed by atoms with Gasteiger partial charge in [-0.05, 0) is 12.1 Å². The fraction of sp³-hybridized carbons (Fsp3) is 0.412. The number of benzene rings is 1. The standard InChI is InChI=1S/C17H15F7O5/c1-3-12(25)29-16(17(22,23)24,13(26)28-11-7-5-4-6-8-11)27-10-9-15(20,21)14(2,18)19/h3-8H,1,9-10H2,2H3. The van der Waals surface area contributed by atoms with Crippen LogP contribution in [0.5, 0.6) is 5.75 Å². The van der Waals surface area contributed by atoms with Gasteiger partial charge in [0.2, 0.25) is 0 Å². The summed E-state index contributed by atoms with van der Waals surface area (Å²) in [4.78, 5) is 23.5. The number of carbonyl (C=O) groups is 2. The van der Waals surface area contributed by atoms with Crippen LogP contribution in [0.4, 0.5) is 30.7 Å². The van der Waals surface area contributed by atoms with Crippen LogP contribution in [0.2, 0.25) is 0 Å². The Kier molecular flexibility index (Phi) is 7.41. The maximum absolute atomic E-state index is 13.6. The number of rotatable bonds is 9. The van der Waals surface area contributed by atoms with E-state index in [9.17, 15) is 40.3 Å². The first-order chi connectivity index (χ1) is 13.2. The van der Waals surface area contributed by atoms with Crippen molar-refractivity contribution in [2.24, 2.45) is 0 Å². The Morgan fingerprint density at radius 1 is 1.03 bits per heavy atom. The summed E-state index contributed by atoms with van der Waals surface area (Å²) in [7, 11) is 0. The van der Waals surface area contributed by atoms with Gasteiger partial charge in [0, 0.05) is 19.4 Å². The van der Waals surface area contributed by atoms with Gasteiger partial charge in [0.05, 0.1) is 6.61 Å². The van der Waals surface area contributed by atoms with Crippen molar-refractivity contribution in [1.82, 2.24) is 0 Å². The molecule has 0 aliphatic rings. The SMILES string of the molecule is C=CC(=O)OC(OCCC(F)(F)C(C)(F)F)(C(=O)Oc1ccccc1)C(F)(F)F. The van der Waals surface area contributed by atoms with Gasteiger partial charge in [-0.1, -0.05) is 24.8 Å². The van der Waals surface area contributed by atoms with Crippen molar-refractivity contribution in [2.75, 3.05) is 6.61 Å². The molecule has 162 valence electrons. The van der Waals surface area contributed by atoms with Crippen LogP contribution in [0, 0.1) is 0 Å². The lowest BCUT2D eigenvalue weighted by Gasteiger charge is -2.32. The van der Waals surface area contributed by atoms with E-state index in [4.69, 9.17) is 0 Å². The van der Waals surface area contributed by atoms with E-state index in [1.807, 2.05) is 0 Å². The minimum Gasteiger partial charge on any atom is -0.421 e. The smallest absolute Gasteiger partial charge is 0.421 e. The summed E-state index contributed by atoms with van der Waals surface area (Å²) in [5.41, 5.74) is 0. The van der Waals surface area contributed by atoms with Gasteiger partial charge in [-0.15, -0.1) is 0 Å². The molecule has 12 heteroatoms. The van der Waals surface area contributed by atoms with Gasteiger partial charge in [0.1, 0.15) is 5.75 Å². The summed E-state index contributed by atoms with van der Waals surface area (Å²) >= 11 is 0. The summed E-state index contributed by atoms with van der Waals surface area (Å²) in [6.45, 7) is 0.974. The van der Waals surface area contributed by atoms with Gasteiger partial charge in [0.15, 0.2) is 0 Å². The topological polar surface area (TPSA) is 61.8 Å². The number of alkyl halides is 7. The summed E-state index contributed by atoms with van der Waals surface area (Å²) in [5, 5.41) is 0. The highest BCUT2D eigenvalue weighted by Crippen LogP contribution is 2.40. The average molecular weight is 432 g/mol. The van der Waals surface area contributed by atoms with Crippen LogP contribution in [-0.2, 0) is 19.1 Å². The number of esters is 2. The molecule has 0 saturated carbocycles. The fourth-order valence-electron chi connectivity index (χ4n) is 1.77. The molecular formula is C17H15F7O5. The fourth-order valence-corrected chi connectivity index (χ4v) is 1.77. The van der Waals surface area contributed by atoms with Gasteiger partial charge in [-0.25, -0.2) is 18.4 Å². The van der Waals surface area contributed by atoms with Gasteiger partial charge in [0.25, 0.3) is 0 Å². The Balaban J connectivity index is 3.22. The van der Waals surface area contributed by atoms with E-state index in [-0.39, 0.29) is 13.0 Å². The molecular weight excluding hydrogens is 417 g/mol. The van der Waals surface area contributed by atoms with Crippen molar-refractivity contribution < 1.29 is 54.5 Å². The molecule has 0 amide bonds. The van der Waals surface area contributed by atoms with Gasteiger partial charge >= 0.3 is 35.7 Å². The van der Waals surface area contributed by atoms with E-state index >= 15 is 0 Å². The highest BCUT2D eigenvalue weighted by Gasteiger charge is 2.68. The second-order valence-corrected chi connectivity index (χ2v) is 5.63. The quantitative estimate of drug-likeness (QED) is 0.192. The van der Waals surface area contributed by atoms with Crippen LogP contribution in [0.1, 0.15) is 13.3 Å². The molecule has 1 aromatic carbocycles. The van der Waals surface area contributed by atoms with Crippen molar-refractivity contribution in [3.05, 3.63) is 43.0 Å². The molecule has 29 heavy (non-hydrogen) atoms. The van der Waals surface area contributed by atoms with E-state index in [1.165, 1.54) is 18.2 Å². The third-order valence-corrected chi connectivity index (χ3v) is 3.37. The molecule has 1 rings (SSSR count). The minimum absolute atomic E-state index is 0.147. The van der Waals surface area contributed by atoms with Crippen LogP contribution >= 0.6 is 0 Å². The second-order valence-electron chi connectivity index (χ2n) is 5.63. The molecule has 0 aromatic heterocycles. The van der Waals surface area contributed by atoms with Crippen molar-refractivity contribution in [3.63, 3.8) is 0 Å². The Labute approximate surface area is 160 Å². The third-order valence-electron chi connectivity index (χ3n) is 3.37. The first kappa shape index (κ1) is 24.4. The Morgan fingerprint density at radius 2 is 1.59 bits per heavy atom. The monoisotopic (exact) mass is 432 g/mol. The largest absolute Gasteiger partial charge is 0.468 e. The van der Waals surface area contributed by atoms with E-state index < -0.39 is 54.5 Å². The molecule has 0 heterocycles. The predicted octanol–water partition coefficient (Wildman–Crippen LogP) is 4.28. The lowest BCUT2D eigenvalue weighted by molar-refractivity contribution is -0.354. The molecule has 1 atom stereocenters. The zero-order valence-electron chi connectivity index (χ0n) is 14.8. The second kappa shape index (κ2) is 8.80. The highest BCUT2D eigenvalue weighted by molar-refractivity contribution is 5.88. The first-order valence-electron chi connectivity index (χ1n) is 7.75. The molecule has 0 aliphatic heterocycles. The number of ether oxygens (including phenoxy) is 3. The van der Waals surface area contributed by atoms with E-state index in [0.29, 0.717) is 0 Å². The number of para-hydroxylation sites is 1. The number of hydrogen-bond acceptors (Lipinski definition) is 5. The zero-order valence-corrected chi connectivity index (χ0v) is 14.8. The third kappa shape index (κ3) is 5.92. The van der Waals surface area contributed by atoms with Crippen LogP contribution in [0.3, 0.4) is 0 Å². The normalized spacial score (nSPS) is 14.6. The molecule has 0 saturated heterocycles. The molecule has 0 radical (unpaired) electrons. The van der Waals surface area contributed by atoms with Crippen LogP contribution in [0.15, 0.2) is 43.0 Å². The van der Waals surface area contributed by atoms with E-state index in [2.05, 4.69) is 20.8 Å². The Bertz CT molecular complexity index is 728. The number of halogens is 7.